The number of phosphoric acid groups is 1. The quantitative estimate of drug-likeness (QED) is 0.361. The molecule has 0 unspecified atom stereocenters. The Balaban J connectivity index is 3.26. The summed E-state index contributed by atoms with van der Waals surface area (Å²) in [5.41, 5.74) is 0. The first-order chi connectivity index (χ1) is 3.56. The van der Waals surface area contributed by atoms with E-state index in [1.54, 1.807) is 0 Å². The second-order valence-electron chi connectivity index (χ2n) is 1.07. The normalized spacial score (nSPS) is 11.9. The number of nitrogens with one attached hydrogen (secondary N) is 1. The van der Waals surface area contributed by atoms with Gasteiger partial charge in [-0.25, -0.2) is 0 Å². The van der Waals surface area contributed by atoms with Crippen molar-refractivity contribution in [1.29, 1.82) is 0 Å². The molecule has 6 heteroatoms. The van der Waals surface area contributed by atoms with Crippen LogP contribution in [0.4, 0.5) is 0 Å². The molecule has 0 saturated heterocycles. The highest BCUT2D eigenvalue weighted by Gasteiger charge is 1.84. The summed E-state index contributed by atoms with van der Waals surface area (Å²) >= 11 is 0. The zero-order chi connectivity index (χ0) is 6.62. The van der Waals surface area contributed by atoms with Crippen molar-refractivity contribution in [3.8, 4) is 0 Å². The molecule has 0 amide bonds. The molecule has 0 aromatic rings. The summed E-state index contributed by atoms with van der Waals surface area (Å²) in [6, 6.07) is 0. The van der Waals surface area contributed by atoms with Gasteiger partial charge in [-0.1, -0.05) is 0 Å². The first-order valence-corrected chi connectivity index (χ1v) is 3.33. The molecule has 0 aromatic carbocycles. The van der Waals surface area contributed by atoms with E-state index in [1.165, 1.54) is 7.05 Å². The standard InChI is InChI=1S/C2H8NO4P/c1-3-2-7-8(4,5)6/h3H,2H2,1H3,(H2,4,5,6)/p-2. The van der Waals surface area contributed by atoms with E-state index in [0.717, 1.165) is 0 Å². The molecule has 0 bridgehead atoms. The van der Waals surface area contributed by atoms with Gasteiger partial charge >= 0.3 is 0 Å². The lowest BCUT2D eigenvalue weighted by Gasteiger charge is -2.27. The van der Waals surface area contributed by atoms with Crippen molar-refractivity contribution in [2.45, 2.75) is 0 Å². The van der Waals surface area contributed by atoms with Crippen LogP contribution in [0.3, 0.4) is 0 Å². The third kappa shape index (κ3) is 6.07. The lowest BCUT2D eigenvalue weighted by molar-refractivity contribution is -0.342. The summed E-state index contributed by atoms with van der Waals surface area (Å²) in [5, 5.41) is 2.33. The van der Waals surface area contributed by atoms with E-state index in [0.29, 0.717) is 0 Å². The summed E-state index contributed by atoms with van der Waals surface area (Å²) in [7, 11) is -3.28. The summed E-state index contributed by atoms with van der Waals surface area (Å²) < 4.78 is 13.3. The highest BCUT2D eigenvalue weighted by Crippen LogP contribution is 2.22. The molecule has 1 N–H and O–H groups in total. The van der Waals surface area contributed by atoms with Crippen LogP contribution in [0.5, 0.6) is 0 Å². The molecule has 8 heavy (non-hydrogen) atoms. The average molecular weight is 139 g/mol. The maximum atomic E-state index is 9.60. The van der Waals surface area contributed by atoms with Gasteiger partial charge in [0.15, 0.2) is 0 Å². The Bertz CT molecular complexity index is 98.2. The molecule has 0 rings (SSSR count). The second-order valence-corrected chi connectivity index (χ2v) is 2.23. The van der Waals surface area contributed by atoms with Crippen LogP contribution >= 0.6 is 7.82 Å². The third-order valence-corrected chi connectivity index (χ3v) is 0.812. The average Bonchev–Trinajstić information content (AvgIpc) is 1.59. The molecule has 0 aromatic heterocycles. The molecule has 0 radical (unpaired) electrons. The fourth-order valence-corrected chi connectivity index (χ4v) is 0.431. The molecule has 0 saturated carbocycles. The third-order valence-electron chi connectivity index (χ3n) is 0.367. The minimum absolute atomic E-state index is 0.260. The van der Waals surface area contributed by atoms with Crippen LogP contribution in [0.1, 0.15) is 0 Å². The highest BCUT2D eigenvalue weighted by molar-refractivity contribution is 7.43. The summed E-state index contributed by atoms with van der Waals surface area (Å²) in [4.78, 5) is 19.2. The van der Waals surface area contributed by atoms with Crippen molar-refractivity contribution >= 4 is 7.82 Å². The summed E-state index contributed by atoms with van der Waals surface area (Å²) in [6.45, 7) is -0.260. The maximum Gasteiger partial charge on any atom is 0.102 e. The van der Waals surface area contributed by atoms with Crippen molar-refractivity contribution in [1.82, 2.24) is 5.32 Å². The molecule has 0 heterocycles. The van der Waals surface area contributed by atoms with E-state index in [2.05, 4.69) is 9.84 Å². The zero-order valence-electron chi connectivity index (χ0n) is 4.29. The van der Waals surface area contributed by atoms with Crippen LogP contribution in [0.2, 0.25) is 0 Å². The first-order valence-electron chi connectivity index (χ1n) is 1.87. The smallest absolute Gasteiger partial charge is 0.102 e. The number of hydrogen-bond donors (Lipinski definition) is 1. The van der Waals surface area contributed by atoms with Gasteiger partial charge in [-0.15, -0.1) is 0 Å². The van der Waals surface area contributed by atoms with Gasteiger partial charge in [0.1, 0.15) is 6.73 Å². The molecule has 0 fully saturated rings. The number of phosphoric ester groups is 1. The van der Waals surface area contributed by atoms with E-state index in [9.17, 15) is 14.4 Å². The maximum absolute atomic E-state index is 9.60. The Labute approximate surface area is 46.9 Å². The molecule has 0 aliphatic heterocycles. The van der Waals surface area contributed by atoms with Crippen LogP contribution in [-0.2, 0) is 9.09 Å². The van der Waals surface area contributed by atoms with Gasteiger partial charge in [-0.3, -0.25) is 5.32 Å². The van der Waals surface area contributed by atoms with E-state index < -0.39 is 7.82 Å². The fraction of sp³-hybridized carbons (Fsp3) is 1.00. The van der Waals surface area contributed by atoms with Gasteiger partial charge < -0.3 is 18.9 Å². The molecule has 0 aliphatic carbocycles. The minimum atomic E-state index is -4.74. The highest BCUT2D eigenvalue weighted by atomic mass is 31.2. The van der Waals surface area contributed by atoms with Crippen LogP contribution < -0.4 is 15.1 Å². The Hall–Kier alpha value is 0.0700. The van der Waals surface area contributed by atoms with Gasteiger partial charge in [-0.2, -0.15) is 0 Å². The number of hydrogen-bond acceptors (Lipinski definition) is 5. The lowest BCUT2D eigenvalue weighted by Crippen LogP contribution is -2.21. The zero-order valence-corrected chi connectivity index (χ0v) is 5.18. The Kier molecular flexibility index (Phi) is 3.19. The molecule has 50 valence electrons. The van der Waals surface area contributed by atoms with E-state index in [-0.39, 0.29) is 6.73 Å². The van der Waals surface area contributed by atoms with Crippen molar-refractivity contribution in [3.05, 3.63) is 0 Å². The molecular weight excluding hydrogens is 133 g/mol. The molecule has 0 atom stereocenters. The van der Waals surface area contributed by atoms with Gasteiger partial charge in [0, 0.05) is 0 Å². The van der Waals surface area contributed by atoms with Crippen molar-refractivity contribution in [2.24, 2.45) is 0 Å². The Morgan fingerprint density at radius 3 is 2.38 bits per heavy atom. The topological polar surface area (TPSA) is 84.5 Å². The predicted molar refractivity (Wildman–Crippen MR) is 22.6 cm³/mol. The second kappa shape index (κ2) is 3.17. The Morgan fingerprint density at radius 2 is 2.25 bits per heavy atom. The summed E-state index contributed by atoms with van der Waals surface area (Å²) in [6.07, 6.45) is 0. The molecule has 5 nitrogen and oxygen atoms in total. The van der Waals surface area contributed by atoms with Crippen molar-refractivity contribution < 1.29 is 18.9 Å². The SMILES string of the molecule is CNCOP(=O)([O-])[O-]. The van der Waals surface area contributed by atoms with E-state index >= 15 is 0 Å². The minimum Gasteiger partial charge on any atom is -0.790 e. The van der Waals surface area contributed by atoms with E-state index in [4.69, 9.17) is 0 Å². The first kappa shape index (κ1) is 8.07. The lowest BCUT2D eigenvalue weighted by atomic mass is 11.2. The van der Waals surface area contributed by atoms with Crippen LogP contribution in [0, 0.1) is 0 Å². The van der Waals surface area contributed by atoms with Gasteiger partial charge in [0.05, 0.1) is 7.82 Å². The van der Waals surface area contributed by atoms with E-state index in [1.807, 2.05) is 0 Å². The summed E-state index contributed by atoms with van der Waals surface area (Å²) in [5.74, 6) is 0. The monoisotopic (exact) mass is 139 g/mol. The largest absolute Gasteiger partial charge is 0.790 e. The molecule has 0 aliphatic rings. The van der Waals surface area contributed by atoms with Crippen LogP contribution in [-0.4, -0.2) is 13.8 Å². The van der Waals surface area contributed by atoms with Crippen molar-refractivity contribution in [3.63, 3.8) is 0 Å². The van der Waals surface area contributed by atoms with Crippen molar-refractivity contribution in [2.75, 3.05) is 13.8 Å². The fourth-order valence-electron chi connectivity index (χ4n) is 0.144. The van der Waals surface area contributed by atoms with Gasteiger partial charge in [0.25, 0.3) is 0 Å². The van der Waals surface area contributed by atoms with Crippen LogP contribution in [0.15, 0.2) is 0 Å². The van der Waals surface area contributed by atoms with Gasteiger partial charge in [-0.05, 0) is 7.05 Å². The predicted octanol–water partition coefficient (Wildman–Crippen LogP) is -1.99. The van der Waals surface area contributed by atoms with Gasteiger partial charge in [0.2, 0.25) is 0 Å². The molecule has 0 spiro atoms. The van der Waals surface area contributed by atoms with Crippen LogP contribution in [0.25, 0.3) is 0 Å². The number of rotatable bonds is 3. The molecular formula is C2H6NO4P-2. The Morgan fingerprint density at radius 1 is 1.75 bits per heavy atom.